The zero-order chi connectivity index (χ0) is 17.8. The first kappa shape index (κ1) is 17.4. The minimum Gasteiger partial charge on any atom is -0.347 e. The molecule has 7 heteroatoms. The van der Waals surface area contributed by atoms with Crippen molar-refractivity contribution in [3.63, 3.8) is 0 Å². The lowest BCUT2D eigenvalue weighted by molar-refractivity contribution is -0.125. The van der Waals surface area contributed by atoms with E-state index in [1.54, 1.807) is 12.1 Å². The molecule has 1 atom stereocenters. The molecule has 2 aliphatic rings. The lowest BCUT2D eigenvalue weighted by atomic mass is 9.91. The first-order valence-electron chi connectivity index (χ1n) is 8.66. The summed E-state index contributed by atoms with van der Waals surface area (Å²) in [6.07, 6.45) is 4.47. The maximum absolute atomic E-state index is 13.2. The third-order valence-electron chi connectivity index (χ3n) is 4.89. The Morgan fingerprint density at radius 2 is 1.92 bits per heavy atom. The van der Waals surface area contributed by atoms with Gasteiger partial charge in [0.25, 0.3) is 0 Å². The highest BCUT2D eigenvalue weighted by Gasteiger charge is 2.30. The van der Waals surface area contributed by atoms with E-state index in [9.17, 15) is 18.8 Å². The Morgan fingerprint density at radius 3 is 2.56 bits per heavy atom. The first-order chi connectivity index (χ1) is 12.0. The fourth-order valence-electron chi connectivity index (χ4n) is 3.58. The van der Waals surface area contributed by atoms with Crippen LogP contribution in [0, 0.1) is 11.7 Å². The van der Waals surface area contributed by atoms with Crippen LogP contribution in [0.2, 0.25) is 0 Å². The van der Waals surface area contributed by atoms with Gasteiger partial charge in [0.1, 0.15) is 12.4 Å². The van der Waals surface area contributed by atoms with Gasteiger partial charge in [-0.15, -0.1) is 0 Å². The van der Waals surface area contributed by atoms with E-state index >= 15 is 0 Å². The molecule has 3 rings (SSSR count). The second-order valence-corrected chi connectivity index (χ2v) is 6.67. The summed E-state index contributed by atoms with van der Waals surface area (Å²) in [5.74, 6) is -0.594. The van der Waals surface area contributed by atoms with Crippen molar-refractivity contribution in [1.82, 2.24) is 15.5 Å². The van der Waals surface area contributed by atoms with Crippen LogP contribution in [0.4, 0.5) is 9.18 Å². The van der Waals surface area contributed by atoms with Gasteiger partial charge in [-0.3, -0.25) is 14.9 Å². The predicted molar refractivity (Wildman–Crippen MR) is 89.0 cm³/mol. The Balaban J connectivity index is 1.67. The number of amides is 4. The summed E-state index contributed by atoms with van der Waals surface area (Å²) in [6, 6.07) is 5.46. The minimum atomic E-state index is -0.536. The Bertz CT molecular complexity index is 656. The van der Waals surface area contributed by atoms with Crippen LogP contribution in [0.25, 0.3) is 0 Å². The molecule has 1 heterocycles. The quantitative estimate of drug-likeness (QED) is 0.856. The molecule has 0 spiro atoms. The number of halogens is 1. The van der Waals surface area contributed by atoms with Crippen LogP contribution in [0.1, 0.15) is 43.7 Å². The molecule has 6 nitrogen and oxygen atoms in total. The number of carbonyl (C=O) groups excluding carboxylic acids is 3. The van der Waals surface area contributed by atoms with Crippen LogP contribution in [0.5, 0.6) is 0 Å². The van der Waals surface area contributed by atoms with Gasteiger partial charge in [-0.2, -0.15) is 0 Å². The van der Waals surface area contributed by atoms with Crippen molar-refractivity contribution in [2.75, 3.05) is 13.1 Å². The molecule has 2 fully saturated rings. The molecule has 2 N–H and O–H groups in total. The van der Waals surface area contributed by atoms with E-state index in [1.807, 2.05) is 0 Å². The van der Waals surface area contributed by atoms with Crippen LogP contribution in [-0.2, 0) is 9.59 Å². The van der Waals surface area contributed by atoms with Gasteiger partial charge in [0.15, 0.2) is 0 Å². The molecule has 1 aromatic rings. The SMILES string of the molecule is O=C1CCN(CC(=O)N[C@@H](c2ccc(F)cc2)C2CCCC2)C(=O)N1. The van der Waals surface area contributed by atoms with E-state index in [0.29, 0.717) is 5.92 Å². The van der Waals surface area contributed by atoms with Crippen molar-refractivity contribution in [1.29, 1.82) is 0 Å². The molecule has 134 valence electrons. The molecule has 1 saturated heterocycles. The molecular formula is C18H22FN3O3. The molecule has 0 bridgehead atoms. The standard InChI is InChI=1S/C18H22FN3O3/c19-14-7-5-13(6-8-14)17(12-3-1-2-4-12)20-16(24)11-22-10-9-15(23)21-18(22)25/h5-8,12,17H,1-4,9-11H2,(H,20,24)(H,21,23,25)/t17-/m1/s1. The Morgan fingerprint density at radius 1 is 1.24 bits per heavy atom. The monoisotopic (exact) mass is 347 g/mol. The van der Waals surface area contributed by atoms with E-state index in [2.05, 4.69) is 10.6 Å². The van der Waals surface area contributed by atoms with Gasteiger partial charge < -0.3 is 10.2 Å². The van der Waals surface area contributed by atoms with Crippen molar-refractivity contribution >= 4 is 17.8 Å². The summed E-state index contributed by atoms with van der Waals surface area (Å²) in [7, 11) is 0. The van der Waals surface area contributed by atoms with Crippen molar-refractivity contribution in [3.8, 4) is 0 Å². The average Bonchev–Trinajstić information content (AvgIpc) is 3.10. The van der Waals surface area contributed by atoms with E-state index < -0.39 is 6.03 Å². The van der Waals surface area contributed by atoms with Crippen LogP contribution >= 0.6 is 0 Å². The molecule has 1 saturated carbocycles. The molecule has 0 unspecified atom stereocenters. The van der Waals surface area contributed by atoms with E-state index in [-0.39, 0.29) is 43.2 Å². The summed E-state index contributed by atoms with van der Waals surface area (Å²) in [5.41, 5.74) is 0.875. The summed E-state index contributed by atoms with van der Waals surface area (Å²) in [5, 5.41) is 5.21. The molecule has 0 aromatic heterocycles. The number of benzene rings is 1. The van der Waals surface area contributed by atoms with Crippen molar-refractivity contribution in [2.45, 2.75) is 38.1 Å². The number of nitrogens with zero attached hydrogens (tertiary/aromatic N) is 1. The zero-order valence-corrected chi connectivity index (χ0v) is 14.0. The van der Waals surface area contributed by atoms with Crippen LogP contribution in [-0.4, -0.2) is 35.8 Å². The summed E-state index contributed by atoms with van der Waals surface area (Å²) < 4.78 is 13.2. The number of carbonyl (C=O) groups is 3. The topological polar surface area (TPSA) is 78.5 Å². The second-order valence-electron chi connectivity index (χ2n) is 6.67. The molecule has 1 aromatic carbocycles. The third kappa shape index (κ3) is 4.35. The first-order valence-corrected chi connectivity index (χ1v) is 8.66. The van der Waals surface area contributed by atoms with Gasteiger partial charge in [-0.25, -0.2) is 9.18 Å². The smallest absolute Gasteiger partial charge is 0.324 e. The molecular weight excluding hydrogens is 325 g/mol. The average molecular weight is 347 g/mol. The van der Waals surface area contributed by atoms with E-state index in [1.165, 1.54) is 17.0 Å². The van der Waals surface area contributed by atoms with Crippen LogP contribution < -0.4 is 10.6 Å². The number of rotatable bonds is 5. The maximum atomic E-state index is 13.2. The molecule has 1 aliphatic carbocycles. The van der Waals surface area contributed by atoms with Crippen molar-refractivity contribution in [2.24, 2.45) is 5.92 Å². The number of hydrogen-bond donors (Lipinski definition) is 2. The maximum Gasteiger partial charge on any atom is 0.324 e. The highest BCUT2D eigenvalue weighted by molar-refractivity contribution is 5.98. The summed E-state index contributed by atoms with van der Waals surface area (Å²) in [4.78, 5) is 36.7. The lowest BCUT2D eigenvalue weighted by Gasteiger charge is -2.29. The largest absolute Gasteiger partial charge is 0.347 e. The highest BCUT2D eigenvalue weighted by atomic mass is 19.1. The molecule has 4 amide bonds. The molecule has 1 aliphatic heterocycles. The van der Waals surface area contributed by atoms with Gasteiger partial charge in [-0.1, -0.05) is 25.0 Å². The van der Waals surface area contributed by atoms with Gasteiger partial charge in [-0.05, 0) is 36.5 Å². The van der Waals surface area contributed by atoms with Crippen molar-refractivity contribution in [3.05, 3.63) is 35.6 Å². The number of imide groups is 1. The van der Waals surface area contributed by atoms with E-state index in [4.69, 9.17) is 0 Å². The predicted octanol–water partition coefficient (Wildman–Crippen LogP) is 2.12. The lowest BCUT2D eigenvalue weighted by Crippen LogP contribution is -2.52. The molecule has 0 radical (unpaired) electrons. The zero-order valence-electron chi connectivity index (χ0n) is 14.0. The normalized spacial score (nSPS) is 19.6. The van der Waals surface area contributed by atoms with E-state index in [0.717, 1.165) is 31.2 Å². The van der Waals surface area contributed by atoms with Crippen LogP contribution in [0.15, 0.2) is 24.3 Å². The summed E-state index contributed by atoms with van der Waals surface area (Å²) in [6.45, 7) is 0.145. The minimum absolute atomic E-state index is 0.0937. The summed E-state index contributed by atoms with van der Waals surface area (Å²) >= 11 is 0. The van der Waals surface area contributed by atoms with Gasteiger partial charge in [0.05, 0.1) is 6.04 Å². The highest BCUT2D eigenvalue weighted by Crippen LogP contribution is 2.35. The van der Waals surface area contributed by atoms with Gasteiger partial charge >= 0.3 is 6.03 Å². The van der Waals surface area contributed by atoms with Crippen molar-refractivity contribution < 1.29 is 18.8 Å². The Labute approximate surface area is 145 Å². The number of nitrogens with one attached hydrogen (secondary N) is 2. The number of hydrogen-bond acceptors (Lipinski definition) is 3. The fraction of sp³-hybridized carbons (Fsp3) is 0.500. The fourth-order valence-corrected chi connectivity index (χ4v) is 3.58. The van der Waals surface area contributed by atoms with Gasteiger partial charge in [0.2, 0.25) is 11.8 Å². The third-order valence-corrected chi connectivity index (χ3v) is 4.89. The Hall–Kier alpha value is -2.44. The van der Waals surface area contributed by atoms with Crippen LogP contribution in [0.3, 0.4) is 0 Å². The molecule has 25 heavy (non-hydrogen) atoms. The second kappa shape index (κ2) is 7.63. The number of urea groups is 1. The van der Waals surface area contributed by atoms with Gasteiger partial charge in [0, 0.05) is 13.0 Å². The Kier molecular flexibility index (Phi) is 5.31.